The molecule has 1 atom stereocenters. The summed E-state index contributed by atoms with van der Waals surface area (Å²) in [5, 5.41) is 3.65. The van der Waals surface area contributed by atoms with Crippen LogP contribution in [0.15, 0.2) is 42.5 Å². The number of methoxy groups -OCH3 is 1. The van der Waals surface area contributed by atoms with Crippen molar-refractivity contribution < 1.29 is 23.8 Å². The minimum atomic E-state index is -0.654. The second-order valence-corrected chi connectivity index (χ2v) is 6.42. The van der Waals surface area contributed by atoms with Crippen LogP contribution in [-0.2, 0) is 14.3 Å². The van der Waals surface area contributed by atoms with E-state index in [-0.39, 0.29) is 12.6 Å². The van der Waals surface area contributed by atoms with Gasteiger partial charge in [-0.3, -0.25) is 4.79 Å². The van der Waals surface area contributed by atoms with Gasteiger partial charge in [-0.15, -0.1) is 0 Å². The first kappa shape index (κ1) is 20.9. The van der Waals surface area contributed by atoms with Crippen molar-refractivity contribution in [3.8, 4) is 11.5 Å². The number of hydrogen-bond acceptors (Lipinski definition) is 5. The lowest BCUT2D eigenvalue weighted by Gasteiger charge is -2.16. The van der Waals surface area contributed by atoms with Gasteiger partial charge in [-0.1, -0.05) is 29.3 Å². The van der Waals surface area contributed by atoms with Crippen LogP contribution in [0.1, 0.15) is 18.5 Å². The summed E-state index contributed by atoms with van der Waals surface area (Å²) in [6, 6.07) is 11.4. The molecule has 2 aromatic carbocycles. The van der Waals surface area contributed by atoms with Gasteiger partial charge in [0.15, 0.2) is 13.2 Å². The van der Waals surface area contributed by atoms with E-state index < -0.39 is 18.5 Å². The van der Waals surface area contributed by atoms with Crippen molar-refractivity contribution in [2.24, 2.45) is 0 Å². The monoisotopic (exact) mass is 411 g/mol. The van der Waals surface area contributed by atoms with Crippen molar-refractivity contribution >= 4 is 35.1 Å². The minimum absolute atomic E-state index is 0.307. The van der Waals surface area contributed by atoms with E-state index in [9.17, 15) is 9.59 Å². The summed E-state index contributed by atoms with van der Waals surface area (Å²) in [6.07, 6.45) is 0. The van der Waals surface area contributed by atoms with Crippen LogP contribution in [-0.4, -0.2) is 32.2 Å². The van der Waals surface area contributed by atoms with Crippen LogP contribution in [0.4, 0.5) is 0 Å². The standard InChI is InChI=1S/C19H19Cl2NO5/c1-12(16-8-3-13(20)9-17(16)21)22-18(23)10-27-19(24)11-26-15-6-4-14(25-2)5-7-15/h3-9,12H,10-11H2,1-2H3,(H,22,23)/t12-/m0/s1. The third-order valence-corrected chi connectivity index (χ3v) is 4.15. The number of carbonyl (C=O) groups is 2. The van der Waals surface area contributed by atoms with Crippen molar-refractivity contribution in [3.05, 3.63) is 58.1 Å². The number of halogens is 2. The molecule has 0 aliphatic heterocycles. The maximum absolute atomic E-state index is 11.9. The Labute approximate surface area is 167 Å². The molecule has 0 bridgehead atoms. The Balaban J connectivity index is 1.74. The fraction of sp³-hybridized carbons (Fsp3) is 0.263. The lowest BCUT2D eigenvalue weighted by atomic mass is 10.1. The van der Waals surface area contributed by atoms with E-state index in [4.69, 9.17) is 37.4 Å². The maximum atomic E-state index is 11.9. The summed E-state index contributed by atoms with van der Waals surface area (Å²) in [7, 11) is 1.56. The molecule has 0 saturated carbocycles. The normalized spacial score (nSPS) is 11.4. The van der Waals surface area contributed by atoms with Gasteiger partial charge in [0.2, 0.25) is 0 Å². The van der Waals surface area contributed by atoms with Crippen LogP contribution in [0.25, 0.3) is 0 Å². The molecule has 0 spiro atoms. The summed E-state index contributed by atoms with van der Waals surface area (Å²) in [4.78, 5) is 23.6. The van der Waals surface area contributed by atoms with Gasteiger partial charge < -0.3 is 19.5 Å². The van der Waals surface area contributed by atoms with E-state index in [1.165, 1.54) is 0 Å². The van der Waals surface area contributed by atoms with Crippen LogP contribution in [0.2, 0.25) is 10.0 Å². The topological polar surface area (TPSA) is 73.9 Å². The molecule has 27 heavy (non-hydrogen) atoms. The number of ether oxygens (including phenoxy) is 3. The third kappa shape index (κ3) is 6.66. The highest BCUT2D eigenvalue weighted by Crippen LogP contribution is 2.26. The molecule has 1 amide bonds. The molecule has 0 saturated heterocycles. The van der Waals surface area contributed by atoms with E-state index in [1.807, 2.05) is 0 Å². The molecule has 2 aromatic rings. The predicted molar refractivity (Wildman–Crippen MR) is 102 cm³/mol. The first-order valence-corrected chi connectivity index (χ1v) is 8.81. The van der Waals surface area contributed by atoms with Gasteiger partial charge in [0.1, 0.15) is 11.5 Å². The summed E-state index contributed by atoms with van der Waals surface area (Å²) < 4.78 is 15.2. The zero-order chi connectivity index (χ0) is 19.8. The summed E-state index contributed by atoms with van der Waals surface area (Å²) in [5.74, 6) is 0.0594. The smallest absolute Gasteiger partial charge is 0.344 e. The summed E-state index contributed by atoms with van der Waals surface area (Å²) >= 11 is 12.0. The molecule has 0 aliphatic carbocycles. The fourth-order valence-electron chi connectivity index (χ4n) is 2.22. The van der Waals surface area contributed by atoms with E-state index in [1.54, 1.807) is 56.5 Å². The first-order chi connectivity index (χ1) is 12.9. The minimum Gasteiger partial charge on any atom is -0.497 e. The highest BCUT2D eigenvalue weighted by atomic mass is 35.5. The van der Waals surface area contributed by atoms with Crippen LogP contribution in [0.3, 0.4) is 0 Å². The molecule has 2 rings (SSSR count). The van der Waals surface area contributed by atoms with Crippen LogP contribution < -0.4 is 14.8 Å². The maximum Gasteiger partial charge on any atom is 0.344 e. The largest absolute Gasteiger partial charge is 0.497 e. The molecular weight excluding hydrogens is 393 g/mol. The van der Waals surface area contributed by atoms with Gasteiger partial charge in [-0.2, -0.15) is 0 Å². The SMILES string of the molecule is COc1ccc(OCC(=O)OCC(=O)N[C@@H](C)c2ccc(Cl)cc2Cl)cc1. The van der Waals surface area contributed by atoms with E-state index in [0.717, 1.165) is 0 Å². The number of nitrogens with one attached hydrogen (secondary N) is 1. The van der Waals surface area contributed by atoms with E-state index in [0.29, 0.717) is 27.1 Å². The van der Waals surface area contributed by atoms with Gasteiger partial charge in [0.25, 0.3) is 5.91 Å². The Bertz CT molecular complexity index is 795. The molecule has 0 radical (unpaired) electrons. The van der Waals surface area contributed by atoms with Crippen molar-refractivity contribution in [3.63, 3.8) is 0 Å². The Morgan fingerprint density at radius 1 is 1.04 bits per heavy atom. The molecule has 0 heterocycles. The van der Waals surface area contributed by atoms with Crippen molar-refractivity contribution in [1.82, 2.24) is 5.32 Å². The number of hydrogen-bond donors (Lipinski definition) is 1. The summed E-state index contributed by atoms with van der Waals surface area (Å²) in [6.45, 7) is 1.04. The fourth-order valence-corrected chi connectivity index (χ4v) is 2.79. The van der Waals surface area contributed by atoms with E-state index >= 15 is 0 Å². The van der Waals surface area contributed by atoms with Gasteiger partial charge in [0, 0.05) is 10.0 Å². The summed E-state index contributed by atoms with van der Waals surface area (Å²) in [5.41, 5.74) is 0.712. The van der Waals surface area contributed by atoms with E-state index in [2.05, 4.69) is 5.32 Å². The average molecular weight is 412 g/mol. The zero-order valence-corrected chi connectivity index (χ0v) is 16.3. The molecular formula is C19H19Cl2NO5. The van der Waals surface area contributed by atoms with Gasteiger partial charge in [-0.05, 0) is 48.9 Å². The molecule has 6 nitrogen and oxygen atoms in total. The Morgan fingerprint density at radius 3 is 2.33 bits per heavy atom. The Hall–Kier alpha value is -2.44. The molecule has 144 valence electrons. The highest BCUT2D eigenvalue weighted by molar-refractivity contribution is 6.35. The van der Waals surface area contributed by atoms with Crippen LogP contribution >= 0.6 is 23.2 Å². The molecule has 0 aromatic heterocycles. The lowest BCUT2D eigenvalue weighted by Crippen LogP contribution is -2.32. The lowest BCUT2D eigenvalue weighted by molar-refractivity contribution is -0.150. The van der Waals surface area contributed by atoms with Crippen molar-refractivity contribution in [2.45, 2.75) is 13.0 Å². The van der Waals surface area contributed by atoms with Crippen molar-refractivity contribution in [2.75, 3.05) is 20.3 Å². The zero-order valence-electron chi connectivity index (χ0n) is 14.8. The second kappa shape index (κ2) is 10.0. The number of rotatable bonds is 8. The van der Waals surface area contributed by atoms with Gasteiger partial charge >= 0.3 is 5.97 Å². The molecule has 8 heteroatoms. The number of benzene rings is 2. The molecule has 0 unspecified atom stereocenters. The average Bonchev–Trinajstić information content (AvgIpc) is 2.65. The predicted octanol–water partition coefficient (Wildman–Crippen LogP) is 3.80. The van der Waals surface area contributed by atoms with Crippen molar-refractivity contribution in [1.29, 1.82) is 0 Å². The second-order valence-electron chi connectivity index (χ2n) is 5.58. The number of carbonyl (C=O) groups excluding carboxylic acids is 2. The number of esters is 1. The third-order valence-electron chi connectivity index (χ3n) is 3.59. The van der Waals surface area contributed by atoms with Crippen LogP contribution in [0.5, 0.6) is 11.5 Å². The van der Waals surface area contributed by atoms with Gasteiger partial charge in [-0.25, -0.2) is 4.79 Å². The van der Waals surface area contributed by atoms with Gasteiger partial charge in [0.05, 0.1) is 13.2 Å². The molecule has 1 N–H and O–H groups in total. The Morgan fingerprint density at radius 2 is 1.70 bits per heavy atom. The highest BCUT2D eigenvalue weighted by Gasteiger charge is 2.14. The molecule has 0 fully saturated rings. The quantitative estimate of drug-likeness (QED) is 0.668. The Kier molecular flexibility index (Phi) is 7.76. The molecule has 0 aliphatic rings. The number of amides is 1. The van der Waals surface area contributed by atoms with Crippen LogP contribution in [0, 0.1) is 0 Å². The first-order valence-electron chi connectivity index (χ1n) is 8.06.